The second kappa shape index (κ2) is 6.63. The molecule has 5 heteroatoms. The Morgan fingerprint density at radius 1 is 1.45 bits per heavy atom. The summed E-state index contributed by atoms with van der Waals surface area (Å²) in [6.45, 7) is 1.44. The summed E-state index contributed by atoms with van der Waals surface area (Å²) in [6.07, 6.45) is 1.40. The molecule has 1 aliphatic rings. The minimum Gasteiger partial charge on any atom is -0.379 e. The first kappa shape index (κ1) is 14.7. The first-order valence-electron chi connectivity index (χ1n) is 6.75. The normalized spacial score (nSPS) is 21.6. The Kier molecular flexibility index (Phi) is 4.87. The van der Waals surface area contributed by atoms with E-state index in [1.807, 2.05) is 30.3 Å². The fraction of sp³-hybridized carbons (Fsp3) is 0.467. The van der Waals surface area contributed by atoms with Gasteiger partial charge in [-0.25, -0.2) is 0 Å². The van der Waals surface area contributed by atoms with Crippen LogP contribution < -0.4 is 5.32 Å². The minimum absolute atomic E-state index is 0.0755. The highest BCUT2D eigenvalue weighted by Gasteiger charge is 2.43. The molecular formula is C15H20N2O3. The van der Waals surface area contributed by atoms with E-state index < -0.39 is 5.54 Å². The molecule has 1 aliphatic heterocycles. The molecule has 0 saturated carbocycles. The maximum absolute atomic E-state index is 12.7. The number of carbonyl (C=O) groups is 2. The van der Waals surface area contributed by atoms with Crippen molar-refractivity contribution in [1.82, 2.24) is 10.2 Å². The zero-order valence-corrected chi connectivity index (χ0v) is 11.7. The summed E-state index contributed by atoms with van der Waals surface area (Å²) in [5.41, 5.74) is 0.311. The van der Waals surface area contributed by atoms with E-state index in [1.165, 1.54) is 0 Å². The van der Waals surface area contributed by atoms with E-state index in [0.717, 1.165) is 11.8 Å². The third-order valence-corrected chi connectivity index (χ3v) is 3.71. The zero-order chi connectivity index (χ0) is 14.4. The van der Waals surface area contributed by atoms with Crippen molar-refractivity contribution in [1.29, 1.82) is 0 Å². The summed E-state index contributed by atoms with van der Waals surface area (Å²) in [5, 5.41) is 3.07. The molecule has 1 N–H and O–H groups in total. The highest BCUT2D eigenvalue weighted by molar-refractivity contribution is 5.88. The third kappa shape index (κ3) is 3.05. The Morgan fingerprint density at radius 3 is 2.75 bits per heavy atom. The monoisotopic (exact) mass is 276 g/mol. The highest BCUT2D eigenvalue weighted by Crippen LogP contribution is 2.22. The molecule has 1 aromatic carbocycles. The van der Waals surface area contributed by atoms with Crippen LogP contribution in [0.5, 0.6) is 0 Å². The fourth-order valence-corrected chi connectivity index (χ4v) is 2.45. The van der Waals surface area contributed by atoms with Crippen LogP contribution in [0.25, 0.3) is 0 Å². The topological polar surface area (TPSA) is 58.6 Å². The zero-order valence-electron chi connectivity index (χ0n) is 11.7. The van der Waals surface area contributed by atoms with Crippen molar-refractivity contribution in [2.24, 2.45) is 0 Å². The van der Waals surface area contributed by atoms with Crippen LogP contribution in [0.15, 0.2) is 30.3 Å². The second-order valence-electron chi connectivity index (χ2n) is 4.97. The predicted molar refractivity (Wildman–Crippen MR) is 75.1 cm³/mol. The van der Waals surface area contributed by atoms with E-state index >= 15 is 0 Å². The SMILES string of the molecule is CNC1(C(=O)N(CC=O)Cc2ccccc2)CCOC1. The number of nitrogens with one attached hydrogen (secondary N) is 1. The molecule has 20 heavy (non-hydrogen) atoms. The van der Waals surface area contributed by atoms with Gasteiger partial charge >= 0.3 is 0 Å². The van der Waals surface area contributed by atoms with E-state index in [0.29, 0.717) is 26.2 Å². The number of hydrogen-bond acceptors (Lipinski definition) is 4. The summed E-state index contributed by atoms with van der Waals surface area (Å²) in [4.78, 5) is 25.2. The van der Waals surface area contributed by atoms with Gasteiger partial charge in [-0.1, -0.05) is 30.3 Å². The standard InChI is InChI=1S/C15H20N2O3/c1-16-15(7-10-20-12-15)14(19)17(8-9-18)11-13-5-3-2-4-6-13/h2-6,9,16H,7-8,10-12H2,1H3. The Hall–Kier alpha value is -1.72. The molecule has 1 fully saturated rings. The van der Waals surface area contributed by atoms with Gasteiger partial charge in [0.05, 0.1) is 13.2 Å². The minimum atomic E-state index is -0.697. The molecule has 108 valence electrons. The number of rotatable bonds is 6. The van der Waals surface area contributed by atoms with Crippen molar-refractivity contribution in [3.63, 3.8) is 0 Å². The summed E-state index contributed by atoms with van der Waals surface area (Å²) < 4.78 is 5.35. The maximum Gasteiger partial charge on any atom is 0.246 e. The van der Waals surface area contributed by atoms with Gasteiger partial charge < -0.3 is 19.7 Å². The number of aldehydes is 1. The van der Waals surface area contributed by atoms with Crippen LogP contribution in [-0.2, 0) is 20.9 Å². The molecule has 1 aromatic rings. The van der Waals surface area contributed by atoms with Crippen molar-refractivity contribution in [2.75, 3.05) is 26.8 Å². The van der Waals surface area contributed by atoms with Gasteiger partial charge in [-0.2, -0.15) is 0 Å². The molecule has 0 aliphatic carbocycles. The molecule has 5 nitrogen and oxygen atoms in total. The molecule has 1 amide bonds. The summed E-state index contributed by atoms with van der Waals surface area (Å²) >= 11 is 0. The lowest BCUT2D eigenvalue weighted by Gasteiger charge is -2.32. The average molecular weight is 276 g/mol. The van der Waals surface area contributed by atoms with E-state index in [4.69, 9.17) is 4.74 Å². The van der Waals surface area contributed by atoms with Crippen molar-refractivity contribution in [2.45, 2.75) is 18.5 Å². The Labute approximate surface area is 118 Å². The first-order valence-corrected chi connectivity index (χ1v) is 6.75. The van der Waals surface area contributed by atoms with Crippen molar-refractivity contribution < 1.29 is 14.3 Å². The average Bonchev–Trinajstić information content (AvgIpc) is 2.97. The smallest absolute Gasteiger partial charge is 0.246 e. The van der Waals surface area contributed by atoms with E-state index in [1.54, 1.807) is 11.9 Å². The third-order valence-electron chi connectivity index (χ3n) is 3.71. The van der Waals surface area contributed by atoms with Crippen LogP contribution in [0.3, 0.4) is 0 Å². The summed E-state index contributed by atoms with van der Waals surface area (Å²) in [6, 6.07) is 9.66. The fourth-order valence-electron chi connectivity index (χ4n) is 2.45. The number of amides is 1. The number of nitrogens with zero attached hydrogens (tertiary/aromatic N) is 1. The van der Waals surface area contributed by atoms with Gasteiger partial charge in [-0.15, -0.1) is 0 Å². The molecular weight excluding hydrogens is 256 g/mol. The van der Waals surface area contributed by atoms with Crippen molar-refractivity contribution >= 4 is 12.2 Å². The van der Waals surface area contributed by atoms with Crippen LogP contribution in [-0.4, -0.2) is 49.4 Å². The molecule has 0 aromatic heterocycles. The number of likely N-dealkylation sites (N-methyl/N-ethyl adjacent to an activating group) is 1. The molecule has 0 spiro atoms. The molecule has 2 rings (SSSR count). The van der Waals surface area contributed by atoms with Gasteiger partial charge in [-0.05, 0) is 12.6 Å². The number of hydrogen-bond donors (Lipinski definition) is 1. The van der Waals surface area contributed by atoms with Gasteiger partial charge in [0.2, 0.25) is 5.91 Å². The van der Waals surface area contributed by atoms with Crippen molar-refractivity contribution in [3.8, 4) is 0 Å². The summed E-state index contributed by atoms with van der Waals surface area (Å²) in [7, 11) is 1.76. The largest absolute Gasteiger partial charge is 0.379 e. The van der Waals surface area contributed by atoms with Crippen LogP contribution in [0.2, 0.25) is 0 Å². The summed E-state index contributed by atoms with van der Waals surface area (Å²) in [5.74, 6) is -0.0755. The van der Waals surface area contributed by atoms with Crippen molar-refractivity contribution in [3.05, 3.63) is 35.9 Å². The number of ether oxygens (including phenoxy) is 1. The molecule has 1 saturated heterocycles. The Balaban J connectivity index is 2.15. The van der Waals surface area contributed by atoms with Gasteiger partial charge in [0.25, 0.3) is 0 Å². The number of benzene rings is 1. The van der Waals surface area contributed by atoms with Crippen LogP contribution in [0.4, 0.5) is 0 Å². The van der Waals surface area contributed by atoms with E-state index in [9.17, 15) is 9.59 Å². The quantitative estimate of drug-likeness (QED) is 0.773. The molecule has 0 bridgehead atoms. The van der Waals surface area contributed by atoms with Gasteiger partial charge in [0.15, 0.2) is 0 Å². The molecule has 1 heterocycles. The molecule has 1 unspecified atom stereocenters. The highest BCUT2D eigenvalue weighted by atomic mass is 16.5. The van der Waals surface area contributed by atoms with Crippen LogP contribution in [0, 0.1) is 0 Å². The Morgan fingerprint density at radius 2 is 2.20 bits per heavy atom. The first-order chi connectivity index (χ1) is 9.72. The molecule has 0 radical (unpaired) electrons. The maximum atomic E-state index is 12.7. The molecule has 1 atom stereocenters. The van der Waals surface area contributed by atoms with Crippen LogP contribution in [0.1, 0.15) is 12.0 Å². The van der Waals surface area contributed by atoms with Gasteiger partial charge in [-0.3, -0.25) is 4.79 Å². The van der Waals surface area contributed by atoms with Gasteiger partial charge in [0.1, 0.15) is 11.8 Å². The van der Waals surface area contributed by atoms with E-state index in [-0.39, 0.29) is 12.5 Å². The number of carbonyl (C=O) groups excluding carboxylic acids is 2. The van der Waals surface area contributed by atoms with Gasteiger partial charge in [0, 0.05) is 19.6 Å². The predicted octanol–water partition coefficient (Wildman–Crippen LogP) is 0.593. The van der Waals surface area contributed by atoms with Crippen LogP contribution >= 0.6 is 0 Å². The second-order valence-corrected chi connectivity index (χ2v) is 4.97. The lowest BCUT2D eigenvalue weighted by molar-refractivity contribution is -0.140. The Bertz CT molecular complexity index is 455. The van der Waals surface area contributed by atoms with E-state index in [2.05, 4.69) is 5.32 Å². The lowest BCUT2D eigenvalue weighted by atomic mass is 9.96. The lowest BCUT2D eigenvalue weighted by Crippen LogP contribution is -2.57.